The van der Waals surface area contributed by atoms with E-state index in [1.165, 1.54) is 0 Å². The van der Waals surface area contributed by atoms with Gasteiger partial charge in [-0.15, -0.1) is 6.58 Å². The van der Waals surface area contributed by atoms with Crippen LogP contribution in [0.5, 0.6) is 0 Å². The zero-order valence-electron chi connectivity index (χ0n) is 6.05. The van der Waals surface area contributed by atoms with Crippen molar-refractivity contribution < 1.29 is 0 Å². The third-order valence-electron chi connectivity index (χ3n) is 1.40. The highest BCUT2D eigenvalue weighted by atomic mass is 79.9. The molecule has 0 aromatic carbocycles. The molecule has 1 heterocycles. The van der Waals surface area contributed by atoms with Crippen molar-refractivity contribution in [1.29, 1.82) is 0 Å². The molecule has 0 radical (unpaired) electrons. The quantitative estimate of drug-likeness (QED) is 0.603. The Balaban J connectivity index is 3.05. The van der Waals surface area contributed by atoms with Gasteiger partial charge in [0.15, 0.2) is 0 Å². The maximum Gasteiger partial charge on any atom is 0.129 e. The standard InChI is InChI=1S/C8H9BrN2/c1-2-3-6-4-5-11-8(9)7(6)10/h2,4-5H,1,3,10H2. The summed E-state index contributed by atoms with van der Waals surface area (Å²) >= 11 is 3.25. The number of nitrogen functional groups attached to an aromatic ring is 1. The molecule has 0 saturated carbocycles. The molecule has 0 aliphatic rings. The van der Waals surface area contributed by atoms with Crippen molar-refractivity contribution in [2.75, 3.05) is 5.73 Å². The first-order chi connectivity index (χ1) is 5.25. The summed E-state index contributed by atoms with van der Waals surface area (Å²) in [4.78, 5) is 3.98. The second-order valence-corrected chi connectivity index (χ2v) is 2.92. The minimum Gasteiger partial charge on any atom is -0.396 e. The third-order valence-corrected chi connectivity index (χ3v) is 2.03. The van der Waals surface area contributed by atoms with Crippen LogP contribution in [0.4, 0.5) is 5.69 Å². The normalized spacial score (nSPS) is 9.55. The summed E-state index contributed by atoms with van der Waals surface area (Å²) in [6.07, 6.45) is 4.32. The molecule has 3 heteroatoms. The Kier molecular flexibility index (Phi) is 2.65. The zero-order chi connectivity index (χ0) is 8.27. The van der Waals surface area contributed by atoms with Crippen LogP contribution in [0.3, 0.4) is 0 Å². The van der Waals surface area contributed by atoms with Gasteiger partial charge in [0.2, 0.25) is 0 Å². The molecule has 0 atom stereocenters. The number of allylic oxidation sites excluding steroid dienone is 1. The Morgan fingerprint density at radius 2 is 2.45 bits per heavy atom. The Bertz CT molecular complexity index is 271. The first-order valence-corrected chi connectivity index (χ1v) is 4.04. The number of aromatic nitrogens is 1. The molecule has 2 N–H and O–H groups in total. The van der Waals surface area contributed by atoms with E-state index in [4.69, 9.17) is 5.73 Å². The predicted octanol–water partition coefficient (Wildman–Crippen LogP) is 2.15. The monoisotopic (exact) mass is 212 g/mol. The summed E-state index contributed by atoms with van der Waals surface area (Å²) in [5, 5.41) is 0. The fourth-order valence-corrected chi connectivity index (χ4v) is 1.19. The summed E-state index contributed by atoms with van der Waals surface area (Å²) in [6, 6.07) is 1.89. The number of halogens is 1. The Morgan fingerprint density at radius 3 is 3.09 bits per heavy atom. The fourth-order valence-electron chi connectivity index (χ4n) is 0.818. The second kappa shape index (κ2) is 3.53. The first-order valence-electron chi connectivity index (χ1n) is 3.25. The lowest BCUT2D eigenvalue weighted by Gasteiger charge is -2.02. The number of nitrogens with two attached hydrogens (primary N) is 1. The molecular formula is C8H9BrN2. The maximum absolute atomic E-state index is 5.71. The van der Waals surface area contributed by atoms with Gasteiger partial charge in [0.25, 0.3) is 0 Å². The molecule has 1 aromatic heterocycles. The molecule has 1 aromatic rings. The second-order valence-electron chi connectivity index (χ2n) is 2.17. The van der Waals surface area contributed by atoms with Crippen molar-refractivity contribution in [3.05, 3.63) is 35.1 Å². The van der Waals surface area contributed by atoms with Gasteiger partial charge in [0.05, 0.1) is 5.69 Å². The lowest BCUT2D eigenvalue weighted by atomic mass is 10.2. The largest absolute Gasteiger partial charge is 0.396 e. The van der Waals surface area contributed by atoms with Crippen molar-refractivity contribution in [3.8, 4) is 0 Å². The summed E-state index contributed by atoms with van der Waals surface area (Å²) in [5.41, 5.74) is 7.47. The van der Waals surface area contributed by atoms with E-state index >= 15 is 0 Å². The van der Waals surface area contributed by atoms with Crippen LogP contribution in [0, 0.1) is 0 Å². The number of anilines is 1. The Morgan fingerprint density at radius 1 is 1.73 bits per heavy atom. The molecular weight excluding hydrogens is 204 g/mol. The lowest BCUT2D eigenvalue weighted by molar-refractivity contribution is 1.19. The van der Waals surface area contributed by atoms with E-state index in [2.05, 4.69) is 27.5 Å². The van der Waals surface area contributed by atoms with Crippen LogP contribution in [0.2, 0.25) is 0 Å². The number of hydrogen-bond acceptors (Lipinski definition) is 2. The molecule has 1 rings (SSSR count). The SMILES string of the molecule is C=CCc1ccnc(Br)c1N. The average Bonchev–Trinajstić information content (AvgIpc) is 1.99. The van der Waals surface area contributed by atoms with Crippen LogP contribution in [0.1, 0.15) is 5.56 Å². The summed E-state index contributed by atoms with van der Waals surface area (Å²) < 4.78 is 0.705. The third kappa shape index (κ3) is 1.80. The van der Waals surface area contributed by atoms with Crippen molar-refractivity contribution in [1.82, 2.24) is 4.98 Å². The number of nitrogens with zero attached hydrogens (tertiary/aromatic N) is 1. The molecule has 11 heavy (non-hydrogen) atoms. The van der Waals surface area contributed by atoms with Gasteiger partial charge in [-0.1, -0.05) is 6.08 Å². The van der Waals surface area contributed by atoms with E-state index in [1.54, 1.807) is 6.20 Å². The molecule has 0 fully saturated rings. The van der Waals surface area contributed by atoms with E-state index in [9.17, 15) is 0 Å². The summed E-state index contributed by atoms with van der Waals surface area (Å²) in [5.74, 6) is 0. The number of hydrogen-bond donors (Lipinski definition) is 1. The molecule has 2 nitrogen and oxygen atoms in total. The van der Waals surface area contributed by atoms with Crippen LogP contribution in [0.25, 0.3) is 0 Å². The van der Waals surface area contributed by atoms with Gasteiger partial charge in [-0.3, -0.25) is 0 Å². The van der Waals surface area contributed by atoms with Crippen LogP contribution in [-0.4, -0.2) is 4.98 Å². The molecule has 0 unspecified atom stereocenters. The van der Waals surface area contributed by atoms with Crippen LogP contribution in [0.15, 0.2) is 29.5 Å². The fraction of sp³-hybridized carbons (Fsp3) is 0.125. The number of rotatable bonds is 2. The summed E-state index contributed by atoms with van der Waals surface area (Å²) in [6.45, 7) is 3.64. The molecule has 0 aliphatic heterocycles. The minimum atomic E-state index is 0.701. The molecule has 0 saturated heterocycles. The predicted molar refractivity (Wildman–Crippen MR) is 50.3 cm³/mol. The van der Waals surface area contributed by atoms with E-state index in [0.717, 1.165) is 12.0 Å². The van der Waals surface area contributed by atoms with Crippen molar-refractivity contribution in [2.45, 2.75) is 6.42 Å². The lowest BCUT2D eigenvalue weighted by Crippen LogP contribution is -1.95. The highest BCUT2D eigenvalue weighted by Gasteiger charge is 2.00. The highest BCUT2D eigenvalue weighted by molar-refractivity contribution is 9.10. The van der Waals surface area contributed by atoms with Crippen LogP contribution < -0.4 is 5.73 Å². The smallest absolute Gasteiger partial charge is 0.129 e. The van der Waals surface area contributed by atoms with Gasteiger partial charge in [0.1, 0.15) is 4.60 Å². The van der Waals surface area contributed by atoms with Gasteiger partial charge in [-0.05, 0) is 34.0 Å². The molecule has 0 bridgehead atoms. The van der Waals surface area contributed by atoms with Gasteiger partial charge in [0, 0.05) is 6.20 Å². The molecule has 0 amide bonds. The minimum absolute atomic E-state index is 0.701. The number of pyridine rings is 1. The Labute approximate surface area is 74.3 Å². The maximum atomic E-state index is 5.71. The zero-order valence-corrected chi connectivity index (χ0v) is 7.63. The average molecular weight is 213 g/mol. The van der Waals surface area contributed by atoms with Gasteiger partial charge in [-0.25, -0.2) is 4.98 Å². The van der Waals surface area contributed by atoms with Crippen molar-refractivity contribution >= 4 is 21.6 Å². The van der Waals surface area contributed by atoms with Crippen LogP contribution in [-0.2, 0) is 6.42 Å². The van der Waals surface area contributed by atoms with Crippen LogP contribution >= 0.6 is 15.9 Å². The topological polar surface area (TPSA) is 38.9 Å². The first kappa shape index (κ1) is 8.27. The van der Waals surface area contributed by atoms with Gasteiger partial charge < -0.3 is 5.73 Å². The van der Waals surface area contributed by atoms with E-state index in [-0.39, 0.29) is 0 Å². The summed E-state index contributed by atoms with van der Waals surface area (Å²) in [7, 11) is 0. The highest BCUT2D eigenvalue weighted by Crippen LogP contribution is 2.20. The molecule has 0 spiro atoms. The van der Waals surface area contributed by atoms with E-state index in [1.807, 2.05) is 12.1 Å². The van der Waals surface area contributed by atoms with E-state index < -0.39 is 0 Å². The Hall–Kier alpha value is -0.830. The van der Waals surface area contributed by atoms with Gasteiger partial charge in [-0.2, -0.15) is 0 Å². The van der Waals surface area contributed by atoms with E-state index in [0.29, 0.717) is 10.3 Å². The van der Waals surface area contributed by atoms with Crippen molar-refractivity contribution in [3.63, 3.8) is 0 Å². The molecule has 58 valence electrons. The van der Waals surface area contributed by atoms with Crippen molar-refractivity contribution in [2.24, 2.45) is 0 Å². The molecule has 0 aliphatic carbocycles. The van der Waals surface area contributed by atoms with Gasteiger partial charge >= 0.3 is 0 Å².